The molecule has 0 atom stereocenters. The zero-order valence-corrected chi connectivity index (χ0v) is 9.25. The molecule has 0 aliphatic rings. The van der Waals surface area contributed by atoms with Crippen LogP contribution in [0, 0.1) is 6.92 Å². The number of hydrogen-bond acceptors (Lipinski definition) is 4. The minimum Gasteiger partial charge on any atom is -0.448 e. The van der Waals surface area contributed by atoms with Gasteiger partial charge < -0.3 is 10.2 Å². The second kappa shape index (κ2) is 4.40. The Bertz CT molecular complexity index is 436. The van der Waals surface area contributed by atoms with Crippen molar-refractivity contribution in [2.45, 2.75) is 17.6 Å². The number of nitrogens with zero attached hydrogens (tertiary/aromatic N) is 1. The molecule has 0 aliphatic heterocycles. The summed E-state index contributed by atoms with van der Waals surface area (Å²) in [7, 11) is 0. The molecule has 1 aromatic heterocycles. The lowest BCUT2D eigenvalue weighted by Gasteiger charge is -2.00. The average Bonchev–Trinajstić information content (AvgIpc) is 2.63. The quantitative estimate of drug-likeness (QED) is 0.638. The summed E-state index contributed by atoms with van der Waals surface area (Å²) in [5.41, 5.74) is 7.39. The van der Waals surface area contributed by atoms with Gasteiger partial charge in [-0.2, -0.15) is 0 Å². The van der Waals surface area contributed by atoms with E-state index in [4.69, 9.17) is 10.2 Å². The standard InChI is InChI=1S/C11H12N2OS/c1-8-11(13-7-14-8)6-15-10-4-2-9(12)3-5-10/h2-5,7H,6,12H2,1H3. The SMILES string of the molecule is Cc1ocnc1CSc1ccc(N)cc1. The smallest absolute Gasteiger partial charge is 0.181 e. The minimum atomic E-state index is 0.789. The van der Waals surface area contributed by atoms with Crippen molar-refractivity contribution in [1.82, 2.24) is 4.98 Å². The second-order valence-corrected chi connectivity index (χ2v) is 4.26. The Hall–Kier alpha value is -1.42. The van der Waals surface area contributed by atoms with Crippen LogP contribution in [-0.4, -0.2) is 4.98 Å². The van der Waals surface area contributed by atoms with Gasteiger partial charge in [0.25, 0.3) is 0 Å². The van der Waals surface area contributed by atoms with Crippen LogP contribution in [0.25, 0.3) is 0 Å². The molecule has 0 fully saturated rings. The highest BCUT2D eigenvalue weighted by Gasteiger charge is 2.03. The molecule has 0 unspecified atom stereocenters. The number of oxazole rings is 1. The Balaban J connectivity index is 1.99. The van der Waals surface area contributed by atoms with E-state index in [1.54, 1.807) is 11.8 Å². The van der Waals surface area contributed by atoms with E-state index in [-0.39, 0.29) is 0 Å². The normalized spacial score (nSPS) is 10.5. The summed E-state index contributed by atoms with van der Waals surface area (Å²) in [6, 6.07) is 7.82. The van der Waals surface area contributed by atoms with Crippen molar-refractivity contribution in [3.63, 3.8) is 0 Å². The number of rotatable bonds is 3. The van der Waals surface area contributed by atoms with Crippen molar-refractivity contribution < 1.29 is 4.42 Å². The van der Waals surface area contributed by atoms with Gasteiger partial charge in [-0.25, -0.2) is 4.98 Å². The van der Waals surface area contributed by atoms with Crippen LogP contribution in [-0.2, 0) is 5.75 Å². The average molecular weight is 220 g/mol. The number of hydrogen-bond donors (Lipinski definition) is 1. The largest absolute Gasteiger partial charge is 0.448 e. The number of nitrogens with two attached hydrogens (primary N) is 1. The van der Waals surface area contributed by atoms with Crippen LogP contribution in [0.1, 0.15) is 11.5 Å². The molecular weight excluding hydrogens is 208 g/mol. The molecule has 2 rings (SSSR count). The lowest BCUT2D eigenvalue weighted by molar-refractivity contribution is 0.525. The van der Waals surface area contributed by atoms with E-state index in [1.165, 1.54) is 11.3 Å². The summed E-state index contributed by atoms with van der Waals surface area (Å²) >= 11 is 1.72. The molecule has 0 aliphatic carbocycles. The predicted octanol–water partition coefficient (Wildman–Crippen LogP) is 2.86. The van der Waals surface area contributed by atoms with Gasteiger partial charge in [-0.3, -0.25) is 0 Å². The van der Waals surface area contributed by atoms with Crippen LogP contribution in [0.4, 0.5) is 5.69 Å². The summed E-state index contributed by atoms with van der Waals surface area (Å²) in [5.74, 6) is 1.71. The number of thioether (sulfide) groups is 1. The van der Waals surface area contributed by atoms with Gasteiger partial charge in [0.1, 0.15) is 5.76 Å². The monoisotopic (exact) mass is 220 g/mol. The number of benzene rings is 1. The lowest BCUT2D eigenvalue weighted by atomic mass is 10.3. The maximum absolute atomic E-state index is 5.60. The fraction of sp³-hybridized carbons (Fsp3) is 0.182. The van der Waals surface area contributed by atoms with E-state index < -0.39 is 0 Å². The van der Waals surface area contributed by atoms with Crippen LogP contribution in [0.2, 0.25) is 0 Å². The number of aryl methyl sites for hydroxylation is 1. The zero-order valence-electron chi connectivity index (χ0n) is 8.43. The van der Waals surface area contributed by atoms with Crippen LogP contribution >= 0.6 is 11.8 Å². The zero-order chi connectivity index (χ0) is 10.7. The minimum absolute atomic E-state index is 0.789. The van der Waals surface area contributed by atoms with Gasteiger partial charge in [-0.15, -0.1) is 11.8 Å². The predicted molar refractivity (Wildman–Crippen MR) is 61.7 cm³/mol. The molecule has 0 radical (unpaired) electrons. The van der Waals surface area contributed by atoms with Crippen molar-refractivity contribution in [1.29, 1.82) is 0 Å². The van der Waals surface area contributed by atoms with Crippen molar-refractivity contribution >= 4 is 17.4 Å². The van der Waals surface area contributed by atoms with E-state index >= 15 is 0 Å². The summed E-state index contributed by atoms with van der Waals surface area (Å²) in [5, 5.41) is 0. The summed E-state index contributed by atoms with van der Waals surface area (Å²) in [6.45, 7) is 1.92. The number of nitrogen functional groups attached to an aromatic ring is 1. The molecule has 0 spiro atoms. The van der Waals surface area contributed by atoms with Gasteiger partial charge in [0.2, 0.25) is 0 Å². The first-order chi connectivity index (χ1) is 7.25. The van der Waals surface area contributed by atoms with Gasteiger partial charge in [-0.05, 0) is 31.2 Å². The fourth-order valence-electron chi connectivity index (χ4n) is 1.18. The van der Waals surface area contributed by atoms with Gasteiger partial charge in [0.15, 0.2) is 6.39 Å². The van der Waals surface area contributed by atoms with Crippen LogP contribution in [0.3, 0.4) is 0 Å². The summed E-state index contributed by atoms with van der Waals surface area (Å²) in [4.78, 5) is 5.32. The Morgan fingerprint density at radius 3 is 2.67 bits per heavy atom. The van der Waals surface area contributed by atoms with Crippen LogP contribution < -0.4 is 5.73 Å². The van der Waals surface area contributed by atoms with Gasteiger partial charge in [0.05, 0.1) is 5.69 Å². The molecule has 0 saturated carbocycles. The highest BCUT2D eigenvalue weighted by molar-refractivity contribution is 7.98. The van der Waals surface area contributed by atoms with E-state index in [2.05, 4.69) is 4.98 Å². The summed E-state index contributed by atoms with van der Waals surface area (Å²) < 4.78 is 5.13. The first-order valence-electron chi connectivity index (χ1n) is 4.63. The van der Waals surface area contributed by atoms with Crippen molar-refractivity contribution in [2.24, 2.45) is 0 Å². The number of anilines is 1. The van der Waals surface area contributed by atoms with Crippen molar-refractivity contribution in [3.05, 3.63) is 42.1 Å². The highest BCUT2D eigenvalue weighted by Crippen LogP contribution is 2.24. The molecular formula is C11H12N2OS. The second-order valence-electron chi connectivity index (χ2n) is 3.21. The van der Waals surface area contributed by atoms with Gasteiger partial charge >= 0.3 is 0 Å². The molecule has 1 aromatic carbocycles. The first kappa shape index (κ1) is 10.1. The van der Waals surface area contributed by atoms with Crippen LogP contribution in [0.15, 0.2) is 40.0 Å². The first-order valence-corrected chi connectivity index (χ1v) is 5.61. The molecule has 0 amide bonds. The van der Waals surface area contributed by atoms with Gasteiger partial charge in [0, 0.05) is 16.3 Å². The van der Waals surface area contributed by atoms with E-state index in [9.17, 15) is 0 Å². The maximum atomic E-state index is 5.60. The Kier molecular flexibility index (Phi) is 2.97. The summed E-state index contributed by atoms with van der Waals surface area (Å²) in [6.07, 6.45) is 1.48. The molecule has 0 saturated heterocycles. The third-order valence-corrected chi connectivity index (χ3v) is 3.12. The Morgan fingerprint density at radius 2 is 2.07 bits per heavy atom. The molecule has 78 valence electrons. The lowest BCUT2D eigenvalue weighted by Crippen LogP contribution is -1.85. The molecule has 1 heterocycles. The van der Waals surface area contributed by atoms with Gasteiger partial charge in [-0.1, -0.05) is 0 Å². The number of aromatic nitrogens is 1. The topological polar surface area (TPSA) is 52.0 Å². The third kappa shape index (κ3) is 2.53. The molecule has 3 nitrogen and oxygen atoms in total. The van der Waals surface area contributed by atoms with E-state index in [0.717, 1.165) is 22.9 Å². The molecule has 4 heteroatoms. The Morgan fingerprint density at radius 1 is 1.33 bits per heavy atom. The highest BCUT2D eigenvalue weighted by atomic mass is 32.2. The van der Waals surface area contributed by atoms with Crippen molar-refractivity contribution in [3.8, 4) is 0 Å². The maximum Gasteiger partial charge on any atom is 0.181 e. The molecule has 2 aromatic rings. The van der Waals surface area contributed by atoms with Crippen molar-refractivity contribution in [2.75, 3.05) is 5.73 Å². The third-order valence-electron chi connectivity index (χ3n) is 2.10. The fourth-order valence-corrected chi connectivity index (χ4v) is 2.09. The van der Waals surface area contributed by atoms with E-state index in [1.807, 2.05) is 31.2 Å². The van der Waals surface area contributed by atoms with Crippen LogP contribution in [0.5, 0.6) is 0 Å². The Labute approximate surface area is 92.7 Å². The van der Waals surface area contributed by atoms with E-state index in [0.29, 0.717) is 0 Å². The molecule has 15 heavy (non-hydrogen) atoms. The molecule has 2 N–H and O–H groups in total. The molecule has 0 bridgehead atoms.